The maximum Gasteiger partial charge on any atom is 0.176 e. The Hall–Kier alpha value is -1.29. The number of hydrogen-bond donors (Lipinski definition) is 1. The highest BCUT2D eigenvalue weighted by molar-refractivity contribution is 5.78. The summed E-state index contributed by atoms with van der Waals surface area (Å²) in [7, 11) is 1.97. The van der Waals surface area contributed by atoms with Gasteiger partial charge in [0.1, 0.15) is 17.0 Å². The Morgan fingerprint density at radius 2 is 2.18 bits per heavy atom. The summed E-state index contributed by atoms with van der Waals surface area (Å²) in [6, 6.07) is 2.05. The Morgan fingerprint density at radius 3 is 2.82 bits per heavy atom. The summed E-state index contributed by atoms with van der Waals surface area (Å²) in [4.78, 5) is 0. The van der Waals surface area contributed by atoms with Crippen LogP contribution in [-0.4, -0.2) is 16.3 Å². The van der Waals surface area contributed by atoms with Crippen molar-refractivity contribution in [2.75, 3.05) is 6.54 Å². The molecule has 0 atom stereocenters. The molecule has 2 aromatic rings. The van der Waals surface area contributed by atoms with E-state index in [1.165, 1.54) is 12.8 Å². The third kappa shape index (κ3) is 1.43. The topological polar surface area (TPSA) is 57.0 Å². The van der Waals surface area contributed by atoms with E-state index in [0.717, 1.165) is 35.4 Å². The van der Waals surface area contributed by atoms with Crippen LogP contribution in [-0.2, 0) is 12.5 Å². The summed E-state index contributed by atoms with van der Waals surface area (Å²) in [5, 5.41) is 4.66. The summed E-state index contributed by atoms with van der Waals surface area (Å²) in [6.07, 6.45) is 4.76. The van der Waals surface area contributed by atoms with Gasteiger partial charge in [0, 0.05) is 25.1 Å². The third-order valence-corrected chi connectivity index (χ3v) is 4.10. The summed E-state index contributed by atoms with van der Waals surface area (Å²) in [5.74, 6) is 0.944. The van der Waals surface area contributed by atoms with Crippen LogP contribution in [0.4, 0.5) is 0 Å². The highest BCUT2D eigenvalue weighted by Crippen LogP contribution is 2.42. The van der Waals surface area contributed by atoms with Crippen molar-refractivity contribution in [3.8, 4) is 0 Å². The van der Waals surface area contributed by atoms with E-state index in [9.17, 15) is 0 Å². The Kier molecular flexibility index (Phi) is 2.30. The molecule has 92 valence electrons. The van der Waals surface area contributed by atoms with Crippen LogP contribution >= 0.6 is 0 Å². The molecular formula is C13H19N3O. The predicted molar refractivity (Wildman–Crippen MR) is 66.9 cm³/mol. The van der Waals surface area contributed by atoms with Gasteiger partial charge < -0.3 is 10.2 Å². The molecular weight excluding hydrogens is 214 g/mol. The summed E-state index contributed by atoms with van der Waals surface area (Å²) in [5.41, 5.74) is 9.16. The molecule has 4 nitrogen and oxygen atoms in total. The third-order valence-electron chi connectivity index (χ3n) is 4.10. The van der Waals surface area contributed by atoms with Crippen molar-refractivity contribution < 1.29 is 4.42 Å². The average Bonchev–Trinajstić information content (AvgIpc) is 2.97. The van der Waals surface area contributed by atoms with Crippen LogP contribution in [0.25, 0.3) is 11.1 Å². The first-order valence-electron chi connectivity index (χ1n) is 6.30. The van der Waals surface area contributed by atoms with E-state index in [1.54, 1.807) is 0 Å². The van der Waals surface area contributed by atoms with Crippen molar-refractivity contribution in [3.05, 3.63) is 17.5 Å². The van der Waals surface area contributed by atoms with Crippen molar-refractivity contribution in [3.63, 3.8) is 0 Å². The maximum atomic E-state index is 6.02. The Morgan fingerprint density at radius 1 is 1.47 bits per heavy atom. The van der Waals surface area contributed by atoms with Gasteiger partial charge in [0.05, 0.1) is 0 Å². The van der Waals surface area contributed by atoms with Gasteiger partial charge >= 0.3 is 0 Å². The van der Waals surface area contributed by atoms with Gasteiger partial charge in [-0.3, -0.25) is 4.68 Å². The highest BCUT2D eigenvalue weighted by Gasteiger charge is 2.39. The summed E-state index contributed by atoms with van der Waals surface area (Å²) in [6.45, 7) is 2.65. The minimum atomic E-state index is 0.0454. The number of nitrogens with zero attached hydrogens (tertiary/aromatic N) is 2. The number of aromatic nitrogens is 2. The van der Waals surface area contributed by atoms with Gasteiger partial charge in [-0.1, -0.05) is 12.8 Å². The molecule has 2 N–H and O–H groups in total. The molecule has 4 heteroatoms. The fourth-order valence-electron chi connectivity index (χ4n) is 3.10. The number of rotatable bonds is 2. The molecule has 1 aliphatic carbocycles. The molecule has 0 amide bonds. The van der Waals surface area contributed by atoms with Crippen LogP contribution in [0.5, 0.6) is 0 Å². The zero-order chi connectivity index (χ0) is 12.0. The lowest BCUT2D eigenvalue weighted by Crippen LogP contribution is -2.32. The van der Waals surface area contributed by atoms with Crippen molar-refractivity contribution in [1.29, 1.82) is 0 Å². The molecule has 2 heterocycles. The van der Waals surface area contributed by atoms with E-state index in [1.807, 2.05) is 24.7 Å². The van der Waals surface area contributed by atoms with Crippen LogP contribution < -0.4 is 5.73 Å². The minimum absolute atomic E-state index is 0.0454. The Balaban J connectivity index is 2.22. The van der Waals surface area contributed by atoms with Crippen LogP contribution in [0.15, 0.2) is 10.5 Å². The van der Waals surface area contributed by atoms with Crippen molar-refractivity contribution in [1.82, 2.24) is 9.78 Å². The molecule has 1 aliphatic rings. The molecule has 3 rings (SSSR count). The van der Waals surface area contributed by atoms with Gasteiger partial charge in [0.25, 0.3) is 0 Å². The van der Waals surface area contributed by atoms with Gasteiger partial charge in [-0.2, -0.15) is 5.10 Å². The molecule has 1 saturated carbocycles. The van der Waals surface area contributed by atoms with Crippen molar-refractivity contribution in [2.45, 2.75) is 38.0 Å². The normalized spacial score (nSPS) is 19.2. The number of fused-ring (bicyclic) bond motifs is 1. The van der Waals surface area contributed by atoms with Crippen LogP contribution in [0.3, 0.4) is 0 Å². The number of nitrogens with two attached hydrogens (primary N) is 1. The lowest BCUT2D eigenvalue weighted by molar-refractivity contribution is 0.427. The predicted octanol–water partition coefficient (Wildman–Crippen LogP) is 2.25. The van der Waals surface area contributed by atoms with Gasteiger partial charge in [-0.05, 0) is 19.8 Å². The SMILES string of the molecule is Cc1cc2c(o1)c(C1(CN)CCCC1)nn2C. The number of aryl methyl sites for hydroxylation is 2. The van der Waals surface area contributed by atoms with Gasteiger partial charge in [-0.25, -0.2) is 0 Å². The molecule has 0 radical (unpaired) electrons. The average molecular weight is 233 g/mol. The van der Waals surface area contributed by atoms with Crippen LogP contribution in [0.2, 0.25) is 0 Å². The van der Waals surface area contributed by atoms with E-state index in [2.05, 4.69) is 5.10 Å². The second-order valence-corrected chi connectivity index (χ2v) is 5.24. The van der Waals surface area contributed by atoms with Crippen molar-refractivity contribution in [2.24, 2.45) is 12.8 Å². The molecule has 0 aromatic carbocycles. The quantitative estimate of drug-likeness (QED) is 0.865. The van der Waals surface area contributed by atoms with Crippen LogP contribution in [0.1, 0.15) is 37.1 Å². The Labute approximate surface area is 101 Å². The zero-order valence-electron chi connectivity index (χ0n) is 10.5. The lowest BCUT2D eigenvalue weighted by atomic mass is 9.82. The first-order valence-corrected chi connectivity index (χ1v) is 6.30. The molecule has 2 aromatic heterocycles. The monoisotopic (exact) mass is 233 g/mol. The Bertz CT molecular complexity index is 546. The zero-order valence-corrected chi connectivity index (χ0v) is 10.5. The number of hydrogen-bond acceptors (Lipinski definition) is 3. The van der Waals surface area contributed by atoms with E-state index < -0.39 is 0 Å². The van der Waals surface area contributed by atoms with E-state index in [4.69, 9.17) is 10.2 Å². The molecule has 0 aliphatic heterocycles. The largest absolute Gasteiger partial charge is 0.458 e. The molecule has 17 heavy (non-hydrogen) atoms. The smallest absolute Gasteiger partial charge is 0.176 e. The van der Waals surface area contributed by atoms with E-state index in [-0.39, 0.29) is 5.41 Å². The lowest BCUT2D eigenvalue weighted by Gasteiger charge is -2.24. The second-order valence-electron chi connectivity index (χ2n) is 5.24. The first-order chi connectivity index (χ1) is 8.16. The van der Waals surface area contributed by atoms with Gasteiger partial charge in [0.2, 0.25) is 0 Å². The first kappa shape index (κ1) is 10.8. The molecule has 0 saturated heterocycles. The minimum Gasteiger partial charge on any atom is -0.458 e. The standard InChI is InChI=1S/C13H19N3O/c1-9-7-10-11(17-9)12(15-16(10)2)13(8-14)5-3-4-6-13/h7H,3-6,8,14H2,1-2H3. The summed E-state index contributed by atoms with van der Waals surface area (Å²) < 4.78 is 7.73. The van der Waals surface area contributed by atoms with E-state index in [0.29, 0.717) is 6.54 Å². The highest BCUT2D eigenvalue weighted by atomic mass is 16.3. The number of furan rings is 1. The fraction of sp³-hybridized carbons (Fsp3) is 0.615. The van der Waals surface area contributed by atoms with Gasteiger partial charge in [-0.15, -0.1) is 0 Å². The summed E-state index contributed by atoms with van der Waals surface area (Å²) >= 11 is 0. The molecule has 0 spiro atoms. The second kappa shape index (κ2) is 3.60. The molecule has 0 unspecified atom stereocenters. The fourth-order valence-corrected chi connectivity index (χ4v) is 3.10. The van der Waals surface area contributed by atoms with Crippen LogP contribution in [0, 0.1) is 6.92 Å². The molecule has 1 fully saturated rings. The maximum absolute atomic E-state index is 6.02. The molecule has 0 bridgehead atoms. The van der Waals surface area contributed by atoms with Crippen molar-refractivity contribution >= 4 is 11.1 Å². The van der Waals surface area contributed by atoms with E-state index >= 15 is 0 Å². The van der Waals surface area contributed by atoms with Gasteiger partial charge in [0.15, 0.2) is 5.58 Å².